The van der Waals surface area contributed by atoms with E-state index in [1.54, 1.807) is 0 Å². The Morgan fingerprint density at radius 1 is 1.38 bits per heavy atom. The molecule has 13 heavy (non-hydrogen) atoms. The van der Waals surface area contributed by atoms with E-state index in [-0.39, 0.29) is 15.9 Å². The molecule has 1 heterocycles. The summed E-state index contributed by atoms with van der Waals surface area (Å²) in [7, 11) is 0. The fourth-order valence-corrected chi connectivity index (χ4v) is 1.23. The third kappa shape index (κ3) is 2.12. The van der Waals surface area contributed by atoms with Gasteiger partial charge in [-0.05, 0) is 11.8 Å². The number of thioether (sulfide) groups is 1. The SMILES string of the molecule is N=C(N)Sc1c(N)[nH]c(=O)[nH]c1=O. The lowest BCUT2D eigenvalue weighted by atomic mass is 10.6. The first-order valence-corrected chi connectivity index (χ1v) is 3.96. The number of hydrogen-bond acceptors (Lipinski definition) is 5. The van der Waals surface area contributed by atoms with Crippen LogP contribution in [0.4, 0.5) is 5.82 Å². The summed E-state index contributed by atoms with van der Waals surface area (Å²) in [4.78, 5) is 25.9. The van der Waals surface area contributed by atoms with Crippen molar-refractivity contribution in [3.05, 3.63) is 20.8 Å². The lowest BCUT2D eigenvalue weighted by Gasteiger charge is -2.00. The first kappa shape index (κ1) is 9.39. The molecule has 0 bridgehead atoms. The molecule has 0 radical (unpaired) electrons. The van der Waals surface area contributed by atoms with E-state index in [9.17, 15) is 9.59 Å². The Morgan fingerprint density at radius 3 is 2.46 bits per heavy atom. The Bertz CT molecular complexity index is 447. The van der Waals surface area contributed by atoms with Crippen molar-refractivity contribution in [1.29, 1.82) is 5.41 Å². The zero-order valence-corrected chi connectivity index (χ0v) is 7.20. The highest BCUT2D eigenvalue weighted by atomic mass is 32.2. The summed E-state index contributed by atoms with van der Waals surface area (Å²) >= 11 is 0.683. The molecule has 0 fully saturated rings. The minimum atomic E-state index is -0.685. The summed E-state index contributed by atoms with van der Waals surface area (Å²) in [6.07, 6.45) is 0. The van der Waals surface area contributed by atoms with Gasteiger partial charge in [0.2, 0.25) is 0 Å². The van der Waals surface area contributed by atoms with Crippen LogP contribution in [-0.2, 0) is 0 Å². The number of anilines is 1. The average Bonchev–Trinajstić information content (AvgIpc) is 1.96. The maximum Gasteiger partial charge on any atom is 0.327 e. The van der Waals surface area contributed by atoms with Crippen LogP contribution in [0.1, 0.15) is 0 Å². The molecule has 0 amide bonds. The van der Waals surface area contributed by atoms with E-state index in [1.165, 1.54) is 0 Å². The summed E-state index contributed by atoms with van der Waals surface area (Å²) in [5.41, 5.74) is 9.03. The third-order valence-corrected chi connectivity index (χ3v) is 1.97. The maximum absolute atomic E-state index is 11.1. The molecule has 1 aromatic rings. The standard InChI is InChI=1S/C5H7N5O2S/c6-2-1(13-4(7)8)3(11)10-5(12)9-2/h(H3,7,8)(H4,6,9,10,11,12). The summed E-state index contributed by atoms with van der Waals surface area (Å²) in [6.45, 7) is 0. The number of nitrogen functional groups attached to an aromatic ring is 1. The number of nitrogens with one attached hydrogen (secondary N) is 3. The molecule has 8 heteroatoms. The van der Waals surface area contributed by atoms with E-state index in [0.717, 1.165) is 0 Å². The topological polar surface area (TPSA) is 142 Å². The van der Waals surface area contributed by atoms with Gasteiger partial charge in [0, 0.05) is 0 Å². The van der Waals surface area contributed by atoms with Crippen molar-refractivity contribution < 1.29 is 0 Å². The number of rotatable bonds is 1. The van der Waals surface area contributed by atoms with Crippen LogP contribution in [0.3, 0.4) is 0 Å². The Morgan fingerprint density at radius 2 is 2.00 bits per heavy atom. The van der Waals surface area contributed by atoms with E-state index in [1.807, 2.05) is 4.98 Å². The molecule has 0 aliphatic rings. The minimum Gasteiger partial charge on any atom is -0.384 e. The molecule has 7 N–H and O–H groups in total. The number of aromatic nitrogens is 2. The van der Waals surface area contributed by atoms with E-state index in [4.69, 9.17) is 16.9 Å². The normalized spacial score (nSPS) is 9.85. The second-order valence-electron chi connectivity index (χ2n) is 2.12. The third-order valence-electron chi connectivity index (χ3n) is 1.14. The molecule has 70 valence electrons. The minimum absolute atomic E-state index is 0.0205. The molecule has 1 rings (SSSR count). The smallest absolute Gasteiger partial charge is 0.327 e. The van der Waals surface area contributed by atoms with Crippen LogP contribution in [-0.4, -0.2) is 15.1 Å². The number of nitrogens with two attached hydrogens (primary N) is 2. The van der Waals surface area contributed by atoms with Crippen LogP contribution in [0.2, 0.25) is 0 Å². The first-order chi connectivity index (χ1) is 6.00. The molecule has 0 saturated heterocycles. The van der Waals surface area contributed by atoms with Gasteiger partial charge in [0.1, 0.15) is 10.7 Å². The van der Waals surface area contributed by atoms with E-state index < -0.39 is 11.2 Å². The Balaban J connectivity index is 3.29. The van der Waals surface area contributed by atoms with Gasteiger partial charge in [0.15, 0.2) is 5.17 Å². The van der Waals surface area contributed by atoms with Gasteiger partial charge in [-0.2, -0.15) is 0 Å². The van der Waals surface area contributed by atoms with E-state index >= 15 is 0 Å². The first-order valence-electron chi connectivity index (χ1n) is 3.14. The fourth-order valence-electron chi connectivity index (χ4n) is 0.704. The Hall–Kier alpha value is -1.70. The zero-order valence-electron chi connectivity index (χ0n) is 6.38. The fraction of sp³-hybridized carbons (Fsp3) is 0. The van der Waals surface area contributed by atoms with Gasteiger partial charge >= 0.3 is 5.69 Å². The molecule has 0 atom stereocenters. The molecule has 0 unspecified atom stereocenters. The monoisotopic (exact) mass is 201 g/mol. The van der Waals surface area contributed by atoms with Gasteiger partial charge in [-0.1, -0.05) is 0 Å². The van der Waals surface area contributed by atoms with Gasteiger partial charge in [0.05, 0.1) is 0 Å². The molecule has 0 aliphatic heterocycles. The number of aromatic amines is 2. The number of H-pyrrole nitrogens is 2. The van der Waals surface area contributed by atoms with Crippen LogP contribution in [0.15, 0.2) is 14.5 Å². The second-order valence-corrected chi connectivity index (χ2v) is 3.17. The highest BCUT2D eigenvalue weighted by Crippen LogP contribution is 2.15. The van der Waals surface area contributed by atoms with Crippen molar-refractivity contribution in [3.63, 3.8) is 0 Å². The highest BCUT2D eigenvalue weighted by molar-refractivity contribution is 8.13. The molecule has 0 saturated carbocycles. The second kappa shape index (κ2) is 3.35. The summed E-state index contributed by atoms with van der Waals surface area (Å²) in [5.74, 6) is -0.0889. The van der Waals surface area contributed by atoms with Gasteiger partial charge in [-0.25, -0.2) is 4.79 Å². The molecule has 0 spiro atoms. The van der Waals surface area contributed by atoms with Crippen molar-refractivity contribution in [2.75, 3.05) is 5.73 Å². The largest absolute Gasteiger partial charge is 0.384 e. The van der Waals surface area contributed by atoms with Crippen LogP contribution >= 0.6 is 11.8 Å². The molecule has 7 nitrogen and oxygen atoms in total. The summed E-state index contributed by atoms with van der Waals surface area (Å²) in [6, 6.07) is 0. The molecular weight excluding hydrogens is 194 g/mol. The Kier molecular flexibility index (Phi) is 2.42. The van der Waals surface area contributed by atoms with Crippen molar-refractivity contribution in [3.8, 4) is 0 Å². The maximum atomic E-state index is 11.1. The molecular formula is C5H7N5O2S. The van der Waals surface area contributed by atoms with Gasteiger partial charge in [-0.3, -0.25) is 20.2 Å². The lowest BCUT2D eigenvalue weighted by Crippen LogP contribution is -2.26. The summed E-state index contributed by atoms with van der Waals surface area (Å²) in [5, 5.41) is 6.65. The summed E-state index contributed by atoms with van der Waals surface area (Å²) < 4.78 is 0. The lowest BCUT2D eigenvalue weighted by molar-refractivity contribution is 0.990. The van der Waals surface area contributed by atoms with E-state index in [0.29, 0.717) is 11.8 Å². The quantitative estimate of drug-likeness (QED) is 0.216. The molecule has 1 aromatic heterocycles. The molecule has 0 aliphatic carbocycles. The van der Waals surface area contributed by atoms with Crippen LogP contribution in [0, 0.1) is 5.41 Å². The average molecular weight is 201 g/mol. The van der Waals surface area contributed by atoms with Crippen LogP contribution < -0.4 is 22.7 Å². The predicted molar refractivity (Wildman–Crippen MR) is 49.9 cm³/mol. The van der Waals surface area contributed by atoms with Crippen molar-refractivity contribution in [2.24, 2.45) is 5.73 Å². The predicted octanol–water partition coefficient (Wildman–Crippen LogP) is -1.37. The van der Waals surface area contributed by atoms with E-state index in [2.05, 4.69) is 4.98 Å². The van der Waals surface area contributed by atoms with Gasteiger partial charge in [0.25, 0.3) is 5.56 Å². The van der Waals surface area contributed by atoms with Crippen molar-refractivity contribution in [1.82, 2.24) is 9.97 Å². The van der Waals surface area contributed by atoms with Crippen molar-refractivity contribution in [2.45, 2.75) is 4.90 Å². The zero-order chi connectivity index (χ0) is 10.0. The van der Waals surface area contributed by atoms with Gasteiger partial charge in [-0.15, -0.1) is 0 Å². The number of amidine groups is 1. The Labute approximate surface area is 76.0 Å². The van der Waals surface area contributed by atoms with Gasteiger partial charge < -0.3 is 11.5 Å². The highest BCUT2D eigenvalue weighted by Gasteiger charge is 2.08. The van der Waals surface area contributed by atoms with Crippen LogP contribution in [0.25, 0.3) is 0 Å². The van der Waals surface area contributed by atoms with Crippen molar-refractivity contribution >= 4 is 22.7 Å². The number of hydrogen-bond donors (Lipinski definition) is 5. The van der Waals surface area contributed by atoms with Crippen LogP contribution in [0.5, 0.6) is 0 Å². The molecule has 0 aromatic carbocycles.